The molecule has 0 spiro atoms. The van der Waals surface area contributed by atoms with Crippen LogP contribution in [0.25, 0.3) is 0 Å². The molecule has 18 heavy (non-hydrogen) atoms. The summed E-state index contributed by atoms with van der Waals surface area (Å²) in [5, 5.41) is 12.7. The maximum Gasteiger partial charge on any atom is 0.105 e. The van der Waals surface area contributed by atoms with Gasteiger partial charge in [0.1, 0.15) is 5.54 Å². The number of piperidine rings is 1. The van der Waals surface area contributed by atoms with Crippen LogP contribution >= 0.6 is 0 Å². The fourth-order valence-electron chi connectivity index (χ4n) is 2.69. The number of nitriles is 1. The molecule has 0 bridgehead atoms. The number of nitrogens with one attached hydrogen (secondary N) is 1. The molecule has 104 valence electrons. The molecular formula is C15H29N3. The number of likely N-dealkylation sites (tertiary alicyclic amines) is 1. The highest BCUT2D eigenvalue weighted by molar-refractivity contribution is 5.04. The molecule has 0 amide bonds. The van der Waals surface area contributed by atoms with Gasteiger partial charge in [0.05, 0.1) is 6.07 Å². The van der Waals surface area contributed by atoms with Gasteiger partial charge >= 0.3 is 0 Å². The summed E-state index contributed by atoms with van der Waals surface area (Å²) in [6, 6.07) is 3.10. The molecule has 1 N–H and O–H groups in total. The maximum atomic E-state index is 9.33. The van der Waals surface area contributed by atoms with Crippen molar-refractivity contribution in [1.29, 1.82) is 5.26 Å². The van der Waals surface area contributed by atoms with Crippen molar-refractivity contribution < 1.29 is 0 Å². The third-order valence-electron chi connectivity index (χ3n) is 4.42. The Balaban J connectivity index is 2.44. The highest BCUT2D eigenvalue weighted by Gasteiger charge is 2.28. The fraction of sp³-hybridized carbons (Fsp3) is 0.933. The van der Waals surface area contributed by atoms with Gasteiger partial charge in [-0.3, -0.25) is 5.32 Å². The summed E-state index contributed by atoms with van der Waals surface area (Å²) in [5.41, 5.74) is -0.365. The maximum absolute atomic E-state index is 9.33. The lowest BCUT2D eigenvalue weighted by Crippen LogP contribution is -2.48. The van der Waals surface area contributed by atoms with Crippen LogP contribution in [0.2, 0.25) is 0 Å². The average Bonchev–Trinajstić information content (AvgIpc) is 2.38. The molecule has 0 aliphatic carbocycles. The van der Waals surface area contributed by atoms with Gasteiger partial charge in [-0.25, -0.2) is 0 Å². The van der Waals surface area contributed by atoms with Gasteiger partial charge in [-0.05, 0) is 58.5 Å². The zero-order valence-corrected chi connectivity index (χ0v) is 12.5. The van der Waals surface area contributed by atoms with Crippen LogP contribution in [0, 0.1) is 17.2 Å². The lowest BCUT2D eigenvalue weighted by atomic mass is 9.90. The lowest BCUT2D eigenvalue weighted by Gasteiger charge is -2.39. The van der Waals surface area contributed by atoms with Crippen molar-refractivity contribution in [3.8, 4) is 6.07 Å². The van der Waals surface area contributed by atoms with Crippen LogP contribution < -0.4 is 5.32 Å². The highest BCUT2D eigenvalue weighted by Crippen LogP contribution is 2.23. The Kier molecular flexibility index (Phi) is 6.11. The lowest BCUT2D eigenvalue weighted by molar-refractivity contribution is 0.106. The Hall–Kier alpha value is -0.590. The van der Waals surface area contributed by atoms with Crippen molar-refractivity contribution in [2.45, 2.75) is 65.0 Å². The van der Waals surface area contributed by atoms with Crippen LogP contribution in [-0.2, 0) is 0 Å². The Labute approximate surface area is 113 Å². The van der Waals surface area contributed by atoms with Gasteiger partial charge < -0.3 is 4.90 Å². The van der Waals surface area contributed by atoms with E-state index in [9.17, 15) is 5.26 Å². The molecule has 1 aliphatic heterocycles. The summed E-state index contributed by atoms with van der Waals surface area (Å²) in [6.07, 6.45) is 4.65. The summed E-state index contributed by atoms with van der Waals surface area (Å²) in [4.78, 5) is 2.55. The van der Waals surface area contributed by atoms with E-state index in [4.69, 9.17) is 0 Å². The van der Waals surface area contributed by atoms with Gasteiger partial charge in [-0.2, -0.15) is 5.26 Å². The SMILES string of the molecule is CCCNC(C)(C#N)CCN1CCCC(C)C1C. The topological polar surface area (TPSA) is 39.1 Å². The molecule has 0 aromatic rings. The number of nitrogens with zero attached hydrogens (tertiary/aromatic N) is 2. The molecule has 1 fully saturated rings. The highest BCUT2D eigenvalue weighted by atomic mass is 15.2. The first-order valence-electron chi connectivity index (χ1n) is 7.42. The summed E-state index contributed by atoms with van der Waals surface area (Å²) >= 11 is 0. The molecule has 3 heteroatoms. The third kappa shape index (κ3) is 4.26. The molecule has 3 unspecified atom stereocenters. The molecule has 0 aromatic carbocycles. The zero-order valence-electron chi connectivity index (χ0n) is 12.5. The predicted molar refractivity (Wildman–Crippen MR) is 76.4 cm³/mol. The second-order valence-electron chi connectivity index (χ2n) is 6.02. The second kappa shape index (κ2) is 7.11. The van der Waals surface area contributed by atoms with Crippen molar-refractivity contribution in [3.63, 3.8) is 0 Å². The first-order valence-corrected chi connectivity index (χ1v) is 7.42. The largest absolute Gasteiger partial charge is 0.300 e. The van der Waals surface area contributed by atoms with E-state index < -0.39 is 0 Å². The molecule has 1 saturated heterocycles. The van der Waals surface area contributed by atoms with E-state index in [1.165, 1.54) is 19.4 Å². The summed E-state index contributed by atoms with van der Waals surface area (Å²) in [7, 11) is 0. The summed E-state index contributed by atoms with van der Waals surface area (Å²) in [6.45, 7) is 12.0. The Bertz CT molecular complexity index is 284. The van der Waals surface area contributed by atoms with Crippen LogP contribution in [-0.4, -0.2) is 36.1 Å². The quantitative estimate of drug-likeness (QED) is 0.789. The van der Waals surface area contributed by atoms with E-state index in [1.807, 2.05) is 6.92 Å². The minimum Gasteiger partial charge on any atom is -0.300 e. The van der Waals surface area contributed by atoms with Crippen molar-refractivity contribution in [3.05, 3.63) is 0 Å². The minimum atomic E-state index is -0.365. The first kappa shape index (κ1) is 15.5. The van der Waals surface area contributed by atoms with E-state index in [-0.39, 0.29) is 5.54 Å². The molecule has 1 rings (SSSR count). The zero-order chi connectivity index (χ0) is 13.6. The van der Waals surface area contributed by atoms with Crippen LogP contribution in [0.4, 0.5) is 0 Å². The Morgan fingerprint density at radius 1 is 1.44 bits per heavy atom. The minimum absolute atomic E-state index is 0.365. The molecule has 0 radical (unpaired) electrons. The van der Waals surface area contributed by atoms with Gasteiger partial charge in [0.25, 0.3) is 0 Å². The van der Waals surface area contributed by atoms with Crippen LogP contribution in [0.3, 0.4) is 0 Å². The van der Waals surface area contributed by atoms with E-state index in [0.29, 0.717) is 6.04 Å². The number of hydrogen-bond donors (Lipinski definition) is 1. The van der Waals surface area contributed by atoms with Gasteiger partial charge in [0.15, 0.2) is 0 Å². The summed E-state index contributed by atoms with van der Waals surface area (Å²) in [5.74, 6) is 0.788. The van der Waals surface area contributed by atoms with Crippen LogP contribution in [0.1, 0.15) is 53.4 Å². The van der Waals surface area contributed by atoms with E-state index in [0.717, 1.165) is 31.8 Å². The van der Waals surface area contributed by atoms with E-state index in [2.05, 4.69) is 37.1 Å². The van der Waals surface area contributed by atoms with Crippen LogP contribution in [0.5, 0.6) is 0 Å². The molecule has 1 aliphatic rings. The van der Waals surface area contributed by atoms with Gasteiger partial charge in [0.2, 0.25) is 0 Å². The third-order valence-corrected chi connectivity index (χ3v) is 4.42. The molecular weight excluding hydrogens is 222 g/mol. The predicted octanol–water partition coefficient (Wildman–Crippen LogP) is 2.78. The van der Waals surface area contributed by atoms with Crippen molar-refractivity contribution in [2.24, 2.45) is 5.92 Å². The van der Waals surface area contributed by atoms with E-state index in [1.54, 1.807) is 0 Å². The first-order chi connectivity index (χ1) is 8.52. The summed E-state index contributed by atoms with van der Waals surface area (Å²) < 4.78 is 0. The van der Waals surface area contributed by atoms with Crippen LogP contribution in [0.15, 0.2) is 0 Å². The fourth-order valence-corrected chi connectivity index (χ4v) is 2.69. The van der Waals surface area contributed by atoms with Gasteiger partial charge in [0, 0.05) is 12.6 Å². The molecule has 3 atom stereocenters. The molecule has 3 nitrogen and oxygen atoms in total. The normalized spacial score (nSPS) is 28.6. The monoisotopic (exact) mass is 251 g/mol. The van der Waals surface area contributed by atoms with E-state index >= 15 is 0 Å². The second-order valence-corrected chi connectivity index (χ2v) is 6.02. The molecule has 0 saturated carbocycles. The molecule has 0 aromatic heterocycles. The van der Waals surface area contributed by atoms with Crippen molar-refractivity contribution in [1.82, 2.24) is 10.2 Å². The molecule has 1 heterocycles. The average molecular weight is 251 g/mol. The Morgan fingerprint density at radius 2 is 2.17 bits per heavy atom. The standard InChI is InChI=1S/C15H29N3/c1-5-9-17-15(4,12-16)8-11-18-10-6-7-13(2)14(18)3/h13-14,17H,5-11H2,1-4H3. The number of hydrogen-bond acceptors (Lipinski definition) is 3. The number of rotatable bonds is 6. The van der Waals surface area contributed by atoms with Crippen molar-refractivity contribution >= 4 is 0 Å². The van der Waals surface area contributed by atoms with Crippen molar-refractivity contribution in [2.75, 3.05) is 19.6 Å². The van der Waals surface area contributed by atoms with Gasteiger partial charge in [-0.15, -0.1) is 0 Å². The smallest absolute Gasteiger partial charge is 0.105 e. The Morgan fingerprint density at radius 3 is 2.78 bits per heavy atom. The van der Waals surface area contributed by atoms with Gasteiger partial charge in [-0.1, -0.05) is 13.8 Å².